The average Bonchev–Trinajstić information content (AvgIpc) is 2.39. The molecule has 0 aromatic heterocycles. The number of benzene rings is 1. The largest absolute Gasteiger partial charge is 0.494 e. The lowest BCUT2D eigenvalue weighted by Crippen LogP contribution is -2.06. The van der Waals surface area contributed by atoms with Gasteiger partial charge in [-0.1, -0.05) is 27.2 Å². The quantitative estimate of drug-likeness (QED) is 0.408. The Morgan fingerprint density at radius 2 is 1.95 bits per heavy atom. The third-order valence-electron chi connectivity index (χ3n) is 2.31. The smallest absolute Gasteiger partial charge is 0.373 e. The second kappa shape index (κ2) is 8.53. The Kier molecular flexibility index (Phi) is 6.97. The van der Waals surface area contributed by atoms with Crippen LogP contribution in [0.5, 0.6) is 5.75 Å². The number of ether oxygens (including phenoxy) is 1. The van der Waals surface area contributed by atoms with Gasteiger partial charge in [0.25, 0.3) is 0 Å². The molecule has 0 aliphatic rings. The molecule has 0 saturated heterocycles. The monoisotopic (exact) mass is 265 g/mol. The lowest BCUT2D eigenvalue weighted by atomic mass is 10.2. The third-order valence-corrected chi connectivity index (χ3v) is 2.31. The molecule has 0 atom stereocenters. The van der Waals surface area contributed by atoms with E-state index >= 15 is 0 Å². The van der Waals surface area contributed by atoms with E-state index < -0.39 is 5.97 Å². The van der Waals surface area contributed by atoms with Crippen LogP contribution in [0.3, 0.4) is 0 Å². The maximum atomic E-state index is 11.6. The summed E-state index contributed by atoms with van der Waals surface area (Å²) in [7, 11) is 0. The molecule has 4 heteroatoms. The SMILES string of the molecule is CCCCOc1ccc(C(=O)OO[CH]C(C)C)cc1. The highest BCUT2D eigenvalue weighted by molar-refractivity contribution is 5.89. The van der Waals surface area contributed by atoms with Gasteiger partial charge in [0.15, 0.2) is 0 Å². The Morgan fingerprint density at radius 3 is 2.53 bits per heavy atom. The molecule has 4 nitrogen and oxygen atoms in total. The molecule has 0 heterocycles. The van der Waals surface area contributed by atoms with Crippen LogP contribution in [0.1, 0.15) is 44.0 Å². The van der Waals surface area contributed by atoms with Gasteiger partial charge in [-0.25, -0.2) is 4.79 Å². The topological polar surface area (TPSA) is 44.8 Å². The Morgan fingerprint density at radius 1 is 1.26 bits per heavy atom. The van der Waals surface area contributed by atoms with Crippen LogP contribution in [0.15, 0.2) is 24.3 Å². The standard InChI is InChI=1S/C15H21O4/c1-4-5-10-17-14-8-6-13(7-9-14)15(16)19-18-11-12(2)3/h6-9,11-12H,4-5,10H2,1-3H3. The summed E-state index contributed by atoms with van der Waals surface area (Å²) in [5.41, 5.74) is 0.431. The van der Waals surface area contributed by atoms with E-state index in [4.69, 9.17) is 9.62 Å². The van der Waals surface area contributed by atoms with Crippen molar-refractivity contribution in [1.29, 1.82) is 0 Å². The van der Waals surface area contributed by atoms with Gasteiger partial charge in [0, 0.05) is 0 Å². The second-order valence-corrected chi connectivity index (χ2v) is 4.57. The van der Waals surface area contributed by atoms with Crippen LogP contribution < -0.4 is 4.74 Å². The van der Waals surface area contributed by atoms with Gasteiger partial charge in [-0.3, -0.25) is 4.89 Å². The van der Waals surface area contributed by atoms with Crippen molar-refractivity contribution in [1.82, 2.24) is 0 Å². The Balaban J connectivity index is 2.39. The summed E-state index contributed by atoms with van der Waals surface area (Å²) in [4.78, 5) is 20.9. The van der Waals surface area contributed by atoms with E-state index in [0.717, 1.165) is 18.6 Å². The normalized spacial score (nSPS) is 10.5. The number of hydrogen-bond acceptors (Lipinski definition) is 4. The first-order valence-corrected chi connectivity index (χ1v) is 6.57. The van der Waals surface area contributed by atoms with E-state index in [1.807, 2.05) is 13.8 Å². The third kappa shape index (κ3) is 6.25. The zero-order valence-electron chi connectivity index (χ0n) is 11.7. The number of carbonyl (C=O) groups excluding carboxylic acids is 1. The van der Waals surface area contributed by atoms with Gasteiger partial charge in [-0.15, -0.1) is 0 Å². The van der Waals surface area contributed by atoms with Crippen molar-refractivity contribution in [2.75, 3.05) is 6.61 Å². The summed E-state index contributed by atoms with van der Waals surface area (Å²) in [6, 6.07) is 6.81. The van der Waals surface area contributed by atoms with Gasteiger partial charge in [0.2, 0.25) is 0 Å². The Hall–Kier alpha value is -1.55. The summed E-state index contributed by atoms with van der Waals surface area (Å²) in [6.07, 6.45) is 2.11. The molecule has 0 amide bonds. The lowest BCUT2D eigenvalue weighted by Gasteiger charge is -2.07. The van der Waals surface area contributed by atoms with Crippen molar-refractivity contribution in [2.45, 2.75) is 33.6 Å². The first-order chi connectivity index (χ1) is 9.13. The fourth-order valence-corrected chi connectivity index (χ4v) is 1.25. The van der Waals surface area contributed by atoms with Crippen molar-refractivity contribution in [2.24, 2.45) is 5.92 Å². The van der Waals surface area contributed by atoms with E-state index in [1.54, 1.807) is 24.3 Å². The van der Waals surface area contributed by atoms with Gasteiger partial charge in [-0.2, -0.15) is 4.89 Å². The van der Waals surface area contributed by atoms with Crippen molar-refractivity contribution < 1.29 is 19.3 Å². The molecule has 0 saturated carbocycles. The molecule has 0 aliphatic carbocycles. The summed E-state index contributed by atoms with van der Waals surface area (Å²) in [5.74, 6) is 0.429. The maximum Gasteiger partial charge on any atom is 0.373 e. The summed E-state index contributed by atoms with van der Waals surface area (Å²) in [5, 5.41) is 0. The van der Waals surface area contributed by atoms with Crippen LogP contribution in [-0.4, -0.2) is 12.6 Å². The van der Waals surface area contributed by atoms with Gasteiger partial charge in [0.05, 0.1) is 12.2 Å². The van der Waals surface area contributed by atoms with Gasteiger partial charge < -0.3 is 4.74 Å². The zero-order valence-corrected chi connectivity index (χ0v) is 11.7. The Bertz CT molecular complexity index is 370. The predicted octanol–water partition coefficient (Wildman–Crippen LogP) is 3.77. The van der Waals surface area contributed by atoms with Crippen molar-refractivity contribution in [3.8, 4) is 5.75 Å². The summed E-state index contributed by atoms with van der Waals surface area (Å²) in [6.45, 7) is 8.11. The number of rotatable bonds is 8. The number of hydrogen-bond donors (Lipinski definition) is 0. The molecule has 0 aliphatic heterocycles. The maximum absolute atomic E-state index is 11.6. The molecule has 19 heavy (non-hydrogen) atoms. The Labute approximate surface area is 114 Å². The first kappa shape index (κ1) is 15.5. The highest BCUT2D eigenvalue weighted by atomic mass is 17.2. The molecular formula is C15H21O4. The minimum absolute atomic E-state index is 0.196. The molecule has 0 bridgehead atoms. The predicted molar refractivity (Wildman–Crippen MR) is 72.5 cm³/mol. The molecule has 1 radical (unpaired) electrons. The van der Waals surface area contributed by atoms with Gasteiger partial charge >= 0.3 is 5.97 Å². The molecule has 1 aromatic carbocycles. The fraction of sp³-hybridized carbons (Fsp3) is 0.467. The van der Waals surface area contributed by atoms with Crippen LogP contribution in [0, 0.1) is 12.5 Å². The first-order valence-electron chi connectivity index (χ1n) is 6.57. The van der Waals surface area contributed by atoms with Crippen LogP contribution in [0.25, 0.3) is 0 Å². The van der Waals surface area contributed by atoms with E-state index in [1.165, 1.54) is 6.61 Å². The van der Waals surface area contributed by atoms with Crippen LogP contribution >= 0.6 is 0 Å². The van der Waals surface area contributed by atoms with Crippen LogP contribution in [0.4, 0.5) is 0 Å². The van der Waals surface area contributed by atoms with E-state index in [2.05, 4.69) is 11.8 Å². The fourth-order valence-electron chi connectivity index (χ4n) is 1.25. The zero-order chi connectivity index (χ0) is 14.1. The van der Waals surface area contributed by atoms with E-state index in [9.17, 15) is 4.79 Å². The molecule has 1 rings (SSSR count). The average molecular weight is 265 g/mol. The van der Waals surface area contributed by atoms with E-state index in [0.29, 0.717) is 12.2 Å². The van der Waals surface area contributed by atoms with Gasteiger partial charge in [0.1, 0.15) is 12.4 Å². The van der Waals surface area contributed by atoms with Crippen molar-refractivity contribution in [3.05, 3.63) is 36.4 Å². The molecule has 0 N–H and O–H groups in total. The molecule has 0 unspecified atom stereocenters. The number of unbranched alkanes of at least 4 members (excludes halogenated alkanes) is 1. The van der Waals surface area contributed by atoms with Crippen LogP contribution in [-0.2, 0) is 9.78 Å². The summed E-state index contributed by atoms with van der Waals surface area (Å²) >= 11 is 0. The van der Waals surface area contributed by atoms with Crippen molar-refractivity contribution >= 4 is 5.97 Å². The highest BCUT2D eigenvalue weighted by Gasteiger charge is 2.09. The summed E-state index contributed by atoms with van der Waals surface area (Å²) < 4.78 is 5.50. The molecule has 0 spiro atoms. The minimum Gasteiger partial charge on any atom is -0.494 e. The number of carbonyl (C=O) groups is 1. The van der Waals surface area contributed by atoms with Crippen LogP contribution in [0.2, 0.25) is 0 Å². The lowest BCUT2D eigenvalue weighted by molar-refractivity contribution is -0.217. The minimum atomic E-state index is -0.517. The van der Waals surface area contributed by atoms with Gasteiger partial charge in [-0.05, 0) is 36.6 Å². The second-order valence-electron chi connectivity index (χ2n) is 4.57. The molecule has 105 valence electrons. The van der Waals surface area contributed by atoms with Crippen molar-refractivity contribution in [3.63, 3.8) is 0 Å². The van der Waals surface area contributed by atoms with E-state index in [-0.39, 0.29) is 5.92 Å². The molecule has 1 aromatic rings. The molecule has 0 fully saturated rings. The highest BCUT2D eigenvalue weighted by Crippen LogP contribution is 2.14. The molecular weight excluding hydrogens is 244 g/mol.